The van der Waals surface area contributed by atoms with Gasteiger partial charge in [-0.1, -0.05) is 5.16 Å². The average Bonchev–Trinajstić information content (AvgIpc) is 2.69. The molecule has 0 fully saturated rings. The van der Waals surface area contributed by atoms with Gasteiger partial charge in [-0.2, -0.15) is 0 Å². The molecule has 1 heterocycles. The van der Waals surface area contributed by atoms with E-state index in [-0.39, 0.29) is 11.5 Å². The predicted molar refractivity (Wildman–Crippen MR) is 71.2 cm³/mol. The Kier molecular flexibility index (Phi) is 3.99. The summed E-state index contributed by atoms with van der Waals surface area (Å²) >= 11 is 3.22. The third-order valence-corrected chi connectivity index (χ3v) is 3.47. The van der Waals surface area contributed by atoms with Crippen molar-refractivity contribution in [2.75, 3.05) is 0 Å². The number of amides is 1. The van der Waals surface area contributed by atoms with Gasteiger partial charge in [0, 0.05) is 16.6 Å². The number of nitrogens with zero attached hydrogens (tertiary/aromatic N) is 1. The Bertz CT molecular complexity index is 606. The number of aryl methyl sites for hydroxylation is 2. The highest BCUT2D eigenvalue weighted by Gasteiger charge is 2.14. The quantitative estimate of drug-likeness (QED) is 0.942. The number of benzene rings is 1. The van der Waals surface area contributed by atoms with Crippen LogP contribution in [0.3, 0.4) is 0 Å². The van der Waals surface area contributed by atoms with Gasteiger partial charge < -0.3 is 9.84 Å². The van der Waals surface area contributed by atoms with Crippen molar-refractivity contribution in [2.45, 2.75) is 20.4 Å². The van der Waals surface area contributed by atoms with Gasteiger partial charge in [0.05, 0.1) is 11.3 Å². The number of hydrogen-bond acceptors (Lipinski definition) is 3. The molecule has 2 rings (SSSR count). The Morgan fingerprint density at radius 2 is 2.21 bits per heavy atom. The van der Waals surface area contributed by atoms with Crippen LogP contribution in [0.4, 0.5) is 4.39 Å². The van der Waals surface area contributed by atoms with Gasteiger partial charge in [-0.3, -0.25) is 4.79 Å². The van der Waals surface area contributed by atoms with Crippen LogP contribution in [0.5, 0.6) is 0 Å². The number of hydrogen-bond donors (Lipinski definition) is 1. The summed E-state index contributed by atoms with van der Waals surface area (Å²) in [6.07, 6.45) is 0. The molecule has 100 valence electrons. The summed E-state index contributed by atoms with van der Waals surface area (Å²) in [6, 6.07) is 3.97. The van der Waals surface area contributed by atoms with Crippen LogP contribution < -0.4 is 5.32 Å². The van der Waals surface area contributed by atoms with Crippen LogP contribution in [-0.4, -0.2) is 11.1 Å². The molecule has 1 aromatic carbocycles. The van der Waals surface area contributed by atoms with E-state index in [9.17, 15) is 9.18 Å². The summed E-state index contributed by atoms with van der Waals surface area (Å²) in [5, 5.41) is 6.52. The fourth-order valence-electron chi connectivity index (χ4n) is 1.69. The van der Waals surface area contributed by atoms with Gasteiger partial charge in [0.15, 0.2) is 0 Å². The summed E-state index contributed by atoms with van der Waals surface area (Å²) in [4.78, 5) is 12.0. The molecule has 0 saturated heterocycles. The molecule has 0 radical (unpaired) electrons. The van der Waals surface area contributed by atoms with Gasteiger partial charge in [0.2, 0.25) is 0 Å². The largest absolute Gasteiger partial charge is 0.361 e. The van der Waals surface area contributed by atoms with Crippen molar-refractivity contribution in [1.82, 2.24) is 10.5 Å². The molecule has 0 aliphatic heterocycles. The van der Waals surface area contributed by atoms with Gasteiger partial charge in [0.1, 0.15) is 11.6 Å². The molecule has 0 atom stereocenters. The van der Waals surface area contributed by atoms with Crippen LogP contribution in [0.1, 0.15) is 27.4 Å². The van der Waals surface area contributed by atoms with Gasteiger partial charge >= 0.3 is 0 Å². The van der Waals surface area contributed by atoms with Crippen molar-refractivity contribution in [3.63, 3.8) is 0 Å². The van der Waals surface area contributed by atoms with Crippen molar-refractivity contribution < 1.29 is 13.7 Å². The van der Waals surface area contributed by atoms with E-state index in [4.69, 9.17) is 4.52 Å². The maximum absolute atomic E-state index is 13.1. The molecule has 19 heavy (non-hydrogen) atoms. The molecule has 1 aromatic heterocycles. The zero-order chi connectivity index (χ0) is 14.0. The summed E-state index contributed by atoms with van der Waals surface area (Å²) in [5.41, 5.74) is 1.82. The maximum Gasteiger partial charge on any atom is 0.252 e. The number of rotatable bonds is 3. The highest BCUT2D eigenvalue weighted by Crippen LogP contribution is 2.18. The molecule has 0 bridgehead atoms. The number of aromatic nitrogens is 1. The van der Waals surface area contributed by atoms with Crippen LogP contribution in [-0.2, 0) is 6.54 Å². The second-order valence-corrected chi connectivity index (χ2v) is 4.96. The Morgan fingerprint density at radius 3 is 2.84 bits per heavy atom. The minimum absolute atomic E-state index is 0.256. The number of carbonyl (C=O) groups is 1. The van der Waals surface area contributed by atoms with Gasteiger partial charge in [-0.05, 0) is 48.0 Å². The fourth-order valence-corrected chi connectivity index (χ4v) is 2.12. The topological polar surface area (TPSA) is 55.1 Å². The molecule has 4 nitrogen and oxygen atoms in total. The molecular weight excluding hydrogens is 315 g/mol. The van der Waals surface area contributed by atoms with Crippen molar-refractivity contribution in [3.05, 3.63) is 51.1 Å². The van der Waals surface area contributed by atoms with E-state index in [1.165, 1.54) is 18.2 Å². The van der Waals surface area contributed by atoms with E-state index < -0.39 is 5.82 Å². The second-order valence-electron chi connectivity index (χ2n) is 4.11. The molecule has 1 amide bonds. The van der Waals surface area contributed by atoms with Crippen molar-refractivity contribution in [2.24, 2.45) is 0 Å². The Labute approximate surface area is 118 Å². The van der Waals surface area contributed by atoms with E-state index in [0.717, 1.165) is 11.3 Å². The lowest BCUT2D eigenvalue weighted by molar-refractivity contribution is 0.0949. The minimum atomic E-state index is -0.453. The normalized spacial score (nSPS) is 10.5. The molecule has 0 unspecified atom stereocenters. The third-order valence-electron chi connectivity index (χ3n) is 2.78. The van der Waals surface area contributed by atoms with Gasteiger partial charge in [-0.15, -0.1) is 0 Å². The zero-order valence-corrected chi connectivity index (χ0v) is 12.0. The van der Waals surface area contributed by atoms with Crippen molar-refractivity contribution >= 4 is 21.8 Å². The van der Waals surface area contributed by atoms with Crippen LogP contribution in [0.25, 0.3) is 0 Å². The van der Waals surface area contributed by atoms with E-state index in [0.29, 0.717) is 16.8 Å². The second kappa shape index (κ2) is 5.52. The number of nitrogens with one attached hydrogen (secondary N) is 1. The smallest absolute Gasteiger partial charge is 0.252 e. The lowest BCUT2D eigenvalue weighted by Gasteiger charge is -2.06. The monoisotopic (exact) mass is 326 g/mol. The van der Waals surface area contributed by atoms with Crippen LogP contribution >= 0.6 is 15.9 Å². The molecule has 0 saturated carbocycles. The molecule has 0 spiro atoms. The first-order valence-corrected chi connectivity index (χ1v) is 6.43. The van der Waals surface area contributed by atoms with Gasteiger partial charge in [-0.25, -0.2) is 4.39 Å². The zero-order valence-electron chi connectivity index (χ0n) is 10.5. The highest BCUT2D eigenvalue weighted by molar-refractivity contribution is 9.10. The average molecular weight is 327 g/mol. The molecule has 0 aliphatic rings. The van der Waals surface area contributed by atoms with Crippen molar-refractivity contribution in [1.29, 1.82) is 0 Å². The minimum Gasteiger partial charge on any atom is -0.361 e. The molecule has 1 N–H and O–H groups in total. The molecular formula is C13H12BrFN2O2. The summed E-state index contributed by atoms with van der Waals surface area (Å²) < 4.78 is 18.7. The third kappa shape index (κ3) is 3.01. The molecule has 2 aromatic rings. The Morgan fingerprint density at radius 1 is 1.47 bits per heavy atom. The maximum atomic E-state index is 13.1. The first-order chi connectivity index (χ1) is 8.99. The summed E-state index contributed by atoms with van der Waals surface area (Å²) in [5.74, 6) is -0.145. The Hall–Kier alpha value is -1.69. The SMILES string of the molecule is Cc1noc(C)c1CNC(=O)c1cc(F)ccc1Br. The molecule has 6 heteroatoms. The van der Waals surface area contributed by atoms with E-state index in [1.807, 2.05) is 0 Å². The summed E-state index contributed by atoms with van der Waals surface area (Å²) in [6.45, 7) is 3.87. The van der Waals surface area contributed by atoms with E-state index in [1.54, 1.807) is 13.8 Å². The van der Waals surface area contributed by atoms with Crippen LogP contribution in [0.15, 0.2) is 27.2 Å². The highest BCUT2D eigenvalue weighted by atomic mass is 79.9. The van der Waals surface area contributed by atoms with Crippen molar-refractivity contribution in [3.8, 4) is 0 Å². The lowest BCUT2D eigenvalue weighted by atomic mass is 10.2. The number of carbonyl (C=O) groups excluding carboxylic acids is 1. The van der Waals surface area contributed by atoms with Crippen LogP contribution in [0, 0.1) is 19.7 Å². The number of halogens is 2. The van der Waals surface area contributed by atoms with Gasteiger partial charge in [0.25, 0.3) is 5.91 Å². The fraction of sp³-hybridized carbons (Fsp3) is 0.231. The summed E-state index contributed by atoms with van der Waals surface area (Å²) in [7, 11) is 0. The first-order valence-electron chi connectivity index (χ1n) is 5.64. The predicted octanol–water partition coefficient (Wildman–Crippen LogP) is 3.12. The van der Waals surface area contributed by atoms with Crippen LogP contribution in [0.2, 0.25) is 0 Å². The lowest BCUT2D eigenvalue weighted by Crippen LogP contribution is -2.23. The van der Waals surface area contributed by atoms with E-state index >= 15 is 0 Å². The standard InChI is InChI=1S/C13H12BrFN2O2/c1-7-11(8(2)19-17-7)6-16-13(18)10-5-9(15)3-4-12(10)14/h3-5H,6H2,1-2H3,(H,16,18). The first kappa shape index (κ1) is 13.7. The Balaban J connectivity index is 2.12. The molecule has 0 aliphatic carbocycles. The van der Waals surface area contributed by atoms with E-state index in [2.05, 4.69) is 26.4 Å².